The zero-order valence-electron chi connectivity index (χ0n) is 27.9. The second-order valence-corrected chi connectivity index (χ2v) is 13.8. The number of aromatic nitrogens is 6. The molecule has 3 aromatic carbocycles. The average Bonchev–Trinajstić information content (AvgIpc) is 3.76. The number of benzene rings is 3. The van der Waals surface area contributed by atoms with Gasteiger partial charge in [0.1, 0.15) is 18.2 Å². The molecule has 2 amide bonds. The molecule has 0 bridgehead atoms. The molecule has 50 heavy (non-hydrogen) atoms. The summed E-state index contributed by atoms with van der Waals surface area (Å²) in [6.45, 7) is 7.04. The SMILES string of the molecule is CC(C)(C)c1cc(NC(=O)NCc2ccccc2Sc2ccc3nnc(-c4ccccc4OCc4ccccc4)n3c2)n(-c2cccnc2)n1. The van der Waals surface area contributed by atoms with Gasteiger partial charge in [-0.05, 0) is 53.6 Å². The molecule has 0 radical (unpaired) electrons. The zero-order chi connectivity index (χ0) is 34.5. The summed E-state index contributed by atoms with van der Waals surface area (Å²) >= 11 is 1.61. The minimum Gasteiger partial charge on any atom is -0.488 e. The molecule has 0 atom stereocenters. The lowest BCUT2D eigenvalue weighted by molar-refractivity contribution is 0.251. The van der Waals surface area contributed by atoms with E-state index in [0.29, 0.717) is 24.8 Å². The molecule has 4 heterocycles. The van der Waals surface area contributed by atoms with Crippen LogP contribution in [0.1, 0.15) is 37.6 Å². The highest BCUT2D eigenvalue weighted by Crippen LogP contribution is 2.34. The van der Waals surface area contributed by atoms with E-state index >= 15 is 0 Å². The van der Waals surface area contributed by atoms with Crippen LogP contribution in [0.15, 0.2) is 138 Å². The van der Waals surface area contributed by atoms with Gasteiger partial charge in [0.25, 0.3) is 0 Å². The highest BCUT2D eigenvalue weighted by molar-refractivity contribution is 7.99. The van der Waals surface area contributed by atoms with Gasteiger partial charge in [0.05, 0.1) is 23.1 Å². The Bertz CT molecular complexity index is 2240. The summed E-state index contributed by atoms with van der Waals surface area (Å²) in [5.41, 5.74) is 5.07. The second-order valence-electron chi connectivity index (χ2n) is 12.7. The number of amides is 2. The fourth-order valence-electron chi connectivity index (χ4n) is 5.35. The summed E-state index contributed by atoms with van der Waals surface area (Å²) in [5, 5.41) is 19.7. The summed E-state index contributed by atoms with van der Waals surface area (Å²) in [4.78, 5) is 19.5. The number of hydrogen-bond acceptors (Lipinski definition) is 7. The molecule has 10 nitrogen and oxygen atoms in total. The molecule has 11 heteroatoms. The van der Waals surface area contributed by atoms with Crippen molar-refractivity contribution in [3.63, 3.8) is 0 Å². The van der Waals surface area contributed by atoms with Crippen molar-refractivity contribution in [3.05, 3.63) is 145 Å². The summed E-state index contributed by atoms with van der Waals surface area (Å²) in [5.74, 6) is 1.99. The third-order valence-corrected chi connectivity index (χ3v) is 9.09. The summed E-state index contributed by atoms with van der Waals surface area (Å²) in [6.07, 6.45) is 5.46. The lowest BCUT2D eigenvalue weighted by Gasteiger charge is -2.14. The number of nitrogens with zero attached hydrogens (tertiary/aromatic N) is 6. The molecule has 0 spiro atoms. The lowest BCUT2D eigenvalue weighted by atomic mass is 9.92. The van der Waals surface area contributed by atoms with Gasteiger partial charge in [-0.3, -0.25) is 14.7 Å². The number of carbonyl (C=O) groups is 1. The molecule has 0 fully saturated rings. The van der Waals surface area contributed by atoms with Crippen LogP contribution in [-0.4, -0.2) is 35.4 Å². The number of fused-ring (bicyclic) bond motifs is 1. The molecule has 0 unspecified atom stereocenters. The van der Waals surface area contributed by atoms with Crippen molar-refractivity contribution in [1.29, 1.82) is 0 Å². The van der Waals surface area contributed by atoms with Crippen LogP contribution in [0.5, 0.6) is 5.75 Å². The number of pyridine rings is 2. The van der Waals surface area contributed by atoms with Crippen LogP contribution in [0.2, 0.25) is 0 Å². The fraction of sp³-hybridized carbons (Fsp3) is 0.154. The van der Waals surface area contributed by atoms with Gasteiger partial charge >= 0.3 is 6.03 Å². The van der Waals surface area contributed by atoms with Crippen LogP contribution in [0.25, 0.3) is 22.7 Å². The summed E-state index contributed by atoms with van der Waals surface area (Å²) < 4.78 is 9.93. The van der Waals surface area contributed by atoms with E-state index < -0.39 is 0 Å². The molecule has 4 aromatic heterocycles. The molecule has 0 saturated heterocycles. The van der Waals surface area contributed by atoms with Crippen LogP contribution < -0.4 is 15.4 Å². The summed E-state index contributed by atoms with van der Waals surface area (Å²) in [7, 11) is 0. The van der Waals surface area contributed by atoms with Gasteiger partial charge < -0.3 is 10.1 Å². The Balaban J connectivity index is 1.07. The van der Waals surface area contributed by atoms with Crippen molar-refractivity contribution in [2.45, 2.75) is 49.1 Å². The third kappa shape index (κ3) is 7.37. The minimum absolute atomic E-state index is 0.202. The van der Waals surface area contributed by atoms with Gasteiger partial charge in [0, 0.05) is 40.2 Å². The van der Waals surface area contributed by atoms with Gasteiger partial charge in [0.15, 0.2) is 11.5 Å². The average molecular weight is 681 g/mol. The van der Waals surface area contributed by atoms with E-state index in [4.69, 9.17) is 9.84 Å². The zero-order valence-corrected chi connectivity index (χ0v) is 28.8. The normalized spacial score (nSPS) is 11.4. The van der Waals surface area contributed by atoms with Gasteiger partial charge in [-0.2, -0.15) is 5.10 Å². The monoisotopic (exact) mass is 680 g/mol. The van der Waals surface area contributed by atoms with Crippen LogP contribution in [0.4, 0.5) is 10.6 Å². The Morgan fingerprint density at radius 1 is 0.880 bits per heavy atom. The fourth-order valence-corrected chi connectivity index (χ4v) is 6.32. The molecule has 0 aliphatic heterocycles. The number of nitrogens with one attached hydrogen (secondary N) is 2. The minimum atomic E-state index is -0.334. The Hall–Kier alpha value is -5.94. The van der Waals surface area contributed by atoms with Gasteiger partial charge in [-0.15, -0.1) is 10.2 Å². The Kier molecular flexibility index (Phi) is 9.30. The molecule has 0 aliphatic carbocycles. The quantitative estimate of drug-likeness (QED) is 0.149. The van der Waals surface area contributed by atoms with E-state index in [9.17, 15) is 4.79 Å². The highest BCUT2D eigenvalue weighted by atomic mass is 32.2. The third-order valence-electron chi connectivity index (χ3n) is 7.99. The Morgan fingerprint density at radius 3 is 2.50 bits per heavy atom. The van der Waals surface area contributed by atoms with E-state index in [-0.39, 0.29) is 11.4 Å². The van der Waals surface area contributed by atoms with Gasteiger partial charge in [-0.25, -0.2) is 9.48 Å². The van der Waals surface area contributed by atoms with Crippen LogP contribution in [0.3, 0.4) is 0 Å². The molecule has 0 aliphatic rings. The molecule has 7 rings (SSSR count). The molecule has 250 valence electrons. The highest BCUT2D eigenvalue weighted by Gasteiger charge is 2.22. The predicted octanol–water partition coefficient (Wildman–Crippen LogP) is 8.33. The van der Waals surface area contributed by atoms with Crippen molar-refractivity contribution in [1.82, 2.24) is 34.7 Å². The molecule has 7 aromatic rings. The van der Waals surface area contributed by atoms with Crippen LogP contribution >= 0.6 is 11.8 Å². The van der Waals surface area contributed by atoms with Gasteiger partial charge in [-0.1, -0.05) is 93.2 Å². The number of ether oxygens (including phenoxy) is 1. The van der Waals surface area contributed by atoms with E-state index in [2.05, 4.69) is 52.7 Å². The first kappa shape index (κ1) is 32.6. The van der Waals surface area contributed by atoms with Crippen molar-refractivity contribution < 1.29 is 9.53 Å². The maximum atomic E-state index is 13.2. The number of para-hydroxylation sites is 1. The van der Waals surface area contributed by atoms with E-state index in [1.54, 1.807) is 28.8 Å². The second kappa shape index (κ2) is 14.3. The smallest absolute Gasteiger partial charge is 0.320 e. The first-order chi connectivity index (χ1) is 24.3. The summed E-state index contributed by atoms with van der Waals surface area (Å²) in [6, 6.07) is 35.3. The van der Waals surface area contributed by atoms with Crippen molar-refractivity contribution in [2.24, 2.45) is 0 Å². The molecular formula is C39H36N8O2S. The number of rotatable bonds is 10. The number of urea groups is 1. The number of carbonyl (C=O) groups excluding carboxylic acids is 1. The largest absolute Gasteiger partial charge is 0.488 e. The van der Waals surface area contributed by atoms with Crippen molar-refractivity contribution >= 4 is 29.3 Å². The van der Waals surface area contributed by atoms with E-state index in [1.807, 2.05) is 114 Å². The first-order valence-corrected chi connectivity index (χ1v) is 17.1. The van der Waals surface area contributed by atoms with Crippen molar-refractivity contribution in [3.8, 4) is 22.8 Å². The number of anilines is 1. The predicted molar refractivity (Wildman–Crippen MR) is 196 cm³/mol. The maximum absolute atomic E-state index is 13.2. The van der Waals surface area contributed by atoms with Gasteiger partial charge in [0.2, 0.25) is 0 Å². The van der Waals surface area contributed by atoms with Crippen LogP contribution in [-0.2, 0) is 18.6 Å². The van der Waals surface area contributed by atoms with E-state index in [0.717, 1.165) is 49.3 Å². The topological polar surface area (TPSA) is 111 Å². The first-order valence-electron chi connectivity index (χ1n) is 16.2. The molecule has 0 saturated carbocycles. The Morgan fingerprint density at radius 2 is 1.68 bits per heavy atom. The number of hydrogen-bond donors (Lipinski definition) is 2. The van der Waals surface area contributed by atoms with Crippen molar-refractivity contribution in [2.75, 3.05) is 5.32 Å². The maximum Gasteiger partial charge on any atom is 0.320 e. The lowest BCUT2D eigenvalue weighted by Crippen LogP contribution is -2.29. The van der Waals surface area contributed by atoms with Crippen LogP contribution in [0, 0.1) is 0 Å². The standard InChI is InChI=1S/C39H36N8O2S/c1-39(2,3)34-22-36(47(45-34)29-15-11-21-40-24-29)42-38(48)41-23-28-14-7-10-18-33(28)50-30-19-20-35-43-44-37(46(35)25-30)31-16-8-9-17-32(31)49-26-27-12-5-4-6-13-27/h4-22,24-25H,23,26H2,1-3H3,(H2,41,42,48). The molecular weight excluding hydrogens is 645 g/mol. The Labute approximate surface area is 294 Å². The molecule has 2 N–H and O–H groups in total. The van der Waals surface area contributed by atoms with E-state index in [1.165, 1.54) is 0 Å².